The number of para-hydroxylation sites is 1. The van der Waals surface area contributed by atoms with Crippen LogP contribution in [0.15, 0.2) is 96.8 Å². The second kappa shape index (κ2) is 9.96. The number of Topliss-reactive ketones (excluding diaryl/α,β-unsaturated/α-hetero) is 1. The van der Waals surface area contributed by atoms with Gasteiger partial charge < -0.3 is 14.2 Å². The number of carbonyl (C=O) groups is 1. The molecule has 4 aromatic carbocycles. The third-order valence-corrected chi connectivity index (χ3v) is 6.89. The SMILES string of the molecule is COc1ccccc1CCN1COc2ccc3c(c2C1)O/C(=C\c1ccc(-c2ccccc2)cc1)C3=O. The van der Waals surface area contributed by atoms with Gasteiger partial charge in [-0.3, -0.25) is 9.69 Å². The number of allylic oxidation sites excluding steroid dienone is 1. The summed E-state index contributed by atoms with van der Waals surface area (Å²) in [6, 6.07) is 30.1. The lowest BCUT2D eigenvalue weighted by molar-refractivity contribution is 0.0948. The molecule has 4 aromatic rings. The fourth-order valence-corrected chi connectivity index (χ4v) is 4.89. The molecule has 5 heteroatoms. The smallest absolute Gasteiger partial charge is 0.231 e. The minimum Gasteiger partial charge on any atom is -0.496 e. The second-order valence-electron chi connectivity index (χ2n) is 9.23. The third-order valence-electron chi connectivity index (χ3n) is 6.89. The topological polar surface area (TPSA) is 48.0 Å². The molecule has 2 aliphatic heterocycles. The zero-order chi connectivity index (χ0) is 25.2. The Balaban J connectivity index is 1.19. The lowest BCUT2D eigenvalue weighted by Gasteiger charge is -2.29. The molecule has 5 nitrogen and oxygen atoms in total. The van der Waals surface area contributed by atoms with E-state index in [1.54, 1.807) is 13.2 Å². The molecule has 0 spiro atoms. The van der Waals surface area contributed by atoms with Crippen LogP contribution in [-0.2, 0) is 13.0 Å². The van der Waals surface area contributed by atoms with Gasteiger partial charge in [-0.05, 0) is 52.9 Å². The van der Waals surface area contributed by atoms with Crippen LogP contribution in [-0.4, -0.2) is 31.1 Å². The molecule has 184 valence electrons. The molecule has 0 saturated heterocycles. The number of rotatable bonds is 6. The van der Waals surface area contributed by atoms with Crippen LogP contribution in [0.4, 0.5) is 0 Å². The maximum absolute atomic E-state index is 13.2. The molecular weight excluding hydrogens is 462 g/mol. The summed E-state index contributed by atoms with van der Waals surface area (Å²) in [5.41, 5.74) is 5.86. The van der Waals surface area contributed by atoms with Gasteiger partial charge in [0.15, 0.2) is 5.76 Å². The van der Waals surface area contributed by atoms with Crippen LogP contribution in [0.3, 0.4) is 0 Å². The summed E-state index contributed by atoms with van der Waals surface area (Å²) in [7, 11) is 1.69. The van der Waals surface area contributed by atoms with Crippen molar-refractivity contribution in [2.45, 2.75) is 13.0 Å². The fourth-order valence-electron chi connectivity index (χ4n) is 4.89. The first kappa shape index (κ1) is 23.1. The van der Waals surface area contributed by atoms with Crippen molar-refractivity contribution in [3.8, 4) is 28.4 Å². The van der Waals surface area contributed by atoms with Crippen molar-refractivity contribution in [3.05, 3.63) is 119 Å². The van der Waals surface area contributed by atoms with Crippen molar-refractivity contribution in [2.24, 2.45) is 0 Å². The van der Waals surface area contributed by atoms with Crippen molar-refractivity contribution in [1.29, 1.82) is 0 Å². The first-order chi connectivity index (χ1) is 18.2. The molecular formula is C32H27NO4. The average Bonchev–Trinajstić information content (AvgIpc) is 3.28. The first-order valence-corrected chi connectivity index (χ1v) is 12.4. The molecule has 0 radical (unpaired) electrons. The maximum Gasteiger partial charge on any atom is 0.231 e. The number of ether oxygens (including phenoxy) is 3. The standard InChI is InChI=1S/C32H27NO4/c1-35-28-10-6-5-9-25(28)17-18-33-20-27-29(36-21-33)16-15-26-31(34)30(37-32(26)27)19-22-11-13-24(14-12-22)23-7-3-2-4-8-23/h2-16,19H,17-18,20-21H2,1H3/b30-19-. The summed E-state index contributed by atoms with van der Waals surface area (Å²) < 4.78 is 17.7. The quantitative estimate of drug-likeness (QED) is 0.295. The van der Waals surface area contributed by atoms with Crippen molar-refractivity contribution in [1.82, 2.24) is 4.90 Å². The summed E-state index contributed by atoms with van der Waals surface area (Å²) in [6.45, 7) is 1.94. The molecule has 2 heterocycles. The Morgan fingerprint density at radius 1 is 0.892 bits per heavy atom. The van der Waals surface area contributed by atoms with Gasteiger partial charge in [-0.1, -0.05) is 72.8 Å². The van der Waals surface area contributed by atoms with Gasteiger partial charge >= 0.3 is 0 Å². The van der Waals surface area contributed by atoms with E-state index < -0.39 is 0 Å². The average molecular weight is 490 g/mol. The molecule has 0 amide bonds. The Morgan fingerprint density at radius 2 is 1.65 bits per heavy atom. The van der Waals surface area contributed by atoms with Crippen molar-refractivity contribution in [3.63, 3.8) is 0 Å². The van der Waals surface area contributed by atoms with Gasteiger partial charge in [-0.25, -0.2) is 0 Å². The van der Waals surface area contributed by atoms with Gasteiger partial charge in [0, 0.05) is 13.1 Å². The first-order valence-electron chi connectivity index (χ1n) is 12.4. The number of nitrogens with zero attached hydrogens (tertiary/aromatic N) is 1. The summed E-state index contributed by atoms with van der Waals surface area (Å²) in [6.07, 6.45) is 2.65. The largest absolute Gasteiger partial charge is 0.496 e. The number of benzene rings is 4. The normalized spacial score (nSPS) is 15.6. The Hall–Kier alpha value is -4.35. The van der Waals surface area contributed by atoms with E-state index in [0.29, 0.717) is 30.3 Å². The van der Waals surface area contributed by atoms with Crippen molar-refractivity contribution < 1.29 is 19.0 Å². The highest BCUT2D eigenvalue weighted by molar-refractivity contribution is 6.15. The van der Waals surface area contributed by atoms with Gasteiger partial charge in [-0.2, -0.15) is 0 Å². The van der Waals surface area contributed by atoms with Crippen LogP contribution in [0.5, 0.6) is 17.2 Å². The molecule has 0 unspecified atom stereocenters. The van der Waals surface area contributed by atoms with Crippen LogP contribution >= 0.6 is 0 Å². The molecule has 0 aromatic heterocycles. The van der Waals surface area contributed by atoms with Crippen LogP contribution in [0.1, 0.15) is 27.0 Å². The highest BCUT2D eigenvalue weighted by Crippen LogP contribution is 2.42. The van der Waals surface area contributed by atoms with E-state index in [4.69, 9.17) is 14.2 Å². The Labute approximate surface area is 216 Å². The van der Waals surface area contributed by atoms with E-state index in [1.165, 1.54) is 0 Å². The van der Waals surface area contributed by atoms with E-state index >= 15 is 0 Å². The fraction of sp³-hybridized carbons (Fsp3) is 0.156. The molecule has 0 fully saturated rings. The van der Waals surface area contributed by atoms with E-state index in [9.17, 15) is 4.79 Å². The molecule has 0 N–H and O–H groups in total. The minimum atomic E-state index is -0.101. The number of hydrogen-bond donors (Lipinski definition) is 0. The van der Waals surface area contributed by atoms with Crippen LogP contribution in [0.25, 0.3) is 17.2 Å². The highest BCUT2D eigenvalue weighted by Gasteiger charge is 2.33. The second-order valence-corrected chi connectivity index (χ2v) is 9.23. The Morgan fingerprint density at radius 3 is 2.46 bits per heavy atom. The molecule has 0 atom stereocenters. The predicted octanol–water partition coefficient (Wildman–Crippen LogP) is 6.37. The lowest BCUT2D eigenvalue weighted by Crippen LogP contribution is -2.33. The summed E-state index contributed by atoms with van der Waals surface area (Å²) in [5, 5.41) is 0. The molecule has 0 bridgehead atoms. The molecule has 0 aliphatic carbocycles. The summed E-state index contributed by atoms with van der Waals surface area (Å²) in [5.74, 6) is 2.51. The lowest BCUT2D eigenvalue weighted by atomic mass is 10.0. The van der Waals surface area contributed by atoms with Crippen LogP contribution < -0.4 is 14.2 Å². The number of hydrogen-bond acceptors (Lipinski definition) is 5. The monoisotopic (exact) mass is 489 g/mol. The zero-order valence-electron chi connectivity index (χ0n) is 20.6. The third kappa shape index (κ3) is 4.61. The van der Waals surface area contributed by atoms with Crippen LogP contribution in [0.2, 0.25) is 0 Å². The number of methoxy groups -OCH3 is 1. The molecule has 6 rings (SSSR count). The van der Waals surface area contributed by atoms with E-state index in [0.717, 1.165) is 52.3 Å². The summed E-state index contributed by atoms with van der Waals surface area (Å²) >= 11 is 0. The van der Waals surface area contributed by atoms with Gasteiger partial charge in [-0.15, -0.1) is 0 Å². The van der Waals surface area contributed by atoms with Gasteiger partial charge in [0.05, 0.1) is 18.2 Å². The Kier molecular flexibility index (Phi) is 6.21. The number of carbonyl (C=O) groups excluding carboxylic acids is 1. The van der Waals surface area contributed by atoms with Crippen LogP contribution in [0, 0.1) is 0 Å². The van der Waals surface area contributed by atoms with E-state index in [-0.39, 0.29) is 5.78 Å². The summed E-state index contributed by atoms with van der Waals surface area (Å²) in [4.78, 5) is 15.4. The van der Waals surface area contributed by atoms with E-state index in [1.807, 2.05) is 60.7 Å². The highest BCUT2D eigenvalue weighted by atomic mass is 16.5. The number of ketones is 1. The molecule has 37 heavy (non-hydrogen) atoms. The predicted molar refractivity (Wildman–Crippen MR) is 144 cm³/mol. The van der Waals surface area contributed by atoms with Crippen molar-refractivity contribution in [2.75, 3.05) is 20.4 Å². The van der Waals surface area contributed by atoms with Gasteiger partial charge in [0.2, 0.25) is 5.78 Å². The van der Waals surface area contributed by atoms with Crippen molar-refractivity contribution >= 4 is 11.9 Å². The van der Waals surface area contributed by atoms with Gasteiger partial charge in [0.1, 0.15) is 24.0 Å². The molecule has 0 saturated carbocycles. The minimum absolute atomic E-state index is 0.101. The molecule has 2 aliphatic rings. The number of fused-ring (bicyclic) bond motifs is 3. The zero-order valence-corrected chi connectivity index (χ0v) is 20.6. The maximum atomic E-state index is 13.2. The van der Waals surface area contributed by atoms with Gasteiger partial charge in [0.25, 0.3) is 0 Å². The Bertz CT molecular complexity index is 1470. The van der Waals surface area contributed by atoms with E-state index in [2.05, 4.69) is 35.2 Å².